The average Bonchev–Trinajstić information content (AvgIpc) is 2.88. The first-order chi connectivity index (χ1) is 9.42. The second-order valence-electron chi connectivity index (χ2n) is 8.41. The molecule has 4 atom stereocenters. The Bertz CT molecular complexity index is 439. The van der Waals surface area contributed by atoms with Crippen LogP contribution in [0.1, 0.15) is 72.6 Å². The molecule has 0 amide bonds. The predicted octanol–water partition coefficient (Wildman–Crippen LogP) is 6.14. The van der Waals surface area contributed by atoms with Gasteiger partial charge in [-0.15, -0.1) is 0 Å². The molecule has 0 aromatic rings. The van der Waals surface area contributed by atoms with Crippen molar-refractivity contribution < 1.29 is 0 Å². The van der Waals surface area contributed by atoms with Crippen LogP contribution in [-0.4, -0.2) is 0 Å². The van der Waals surface area contributed by atoms with Crippen LogP contribution < -0.4 is 0 Å². The second-order valence-corrected chi connectivity index (χ2v) is 8.41. The van der Waals surface area contributed by atoms with Gasteiger partial charge in [0.05, 0.1) is 0 Å². The molecule has 3 aliphatic rings. The van der Waals surface area contributed by atoms with Gasteiger partial charge in [-0.1, -0.05) is 51.0 Å². The van der Waals surface area contributed by atoms with E-state index >= 15 is 0 Å². The zero-order valence-corrected chi connectivity index (χ0v) is 14.0. The fourth-order valence-corrected chi connectivity index (χ4v) is 5.51. The van der Waals surface area contributed by atoms with Crippen molar-refractivity contribution in [3.05, 3.63) is 23.3 Å². The fraction of sp³-hybridized carbons (Fsp3) is 0.800. The largest absolute Gasteiger partial charge is 0.0996 e. The van der Waals surface area contributed by atoms with Crippen molar-refractivity contribution in [1.82, 2.24) is 0 Å². The maximum Gasteiger partial charge on any atom is -0.0105 e. The first-order valence-electron chi connectivity index (χ1n) is 8.82. The van der Waals surface area contributed by atoms with Crippen molar-refractivity contribution in [2.75, 3.05) is 0 Å². The summed E-state index contributed by atoms with van der Waals surface area (Å²) in [6.45, 7) is 14.3. The standard InChI is InChI=1S/C20H32/c1-13(2)16-10-11-20(5)12-18-15(4)6-8-17(18)14(3)7-9-19(16)20/h13-14,17-18H,4,6-12H2,1-3,5H3. The Morgan fingerprint density at radius 2 is 1.90 bits per heavy atom. The molecule has 0 bridgehead atoms. The molecule has 20 heavy (non-hydrogen) atoms. The Labute approximate surface area is 125 Å². The molecule has 0 saturated heterocycles. The van der Waals surface area contributed by atoms with Crippen LogP contribution in [0.5, 0.6) is 0 Å². The highest BCUT2D eigenvalue weighted by molar-refractivity contribution is 5.31. The first-order valence-corrected chi connectivity index (χ1v) is 8.82. The van der Waals surface area contributed by atoms with Gasteiger partial charge in [-0.3, -0.25) is 0 Å². The molecule has 0 heteroatoms. The van der Waals surface area contributed by atoms with Gasteiger partial charge >= 0.3 is 0 Å². The highest BCUT2D eigenvalue weighted by Crippen LogP contribution is 2.57. The van der Waals surface area contributed by atoms with Crippen LogP contribution in [-0.2, 0) is 0 Å². The lowest BCUT2D eigenvalue weighted by Crippen LogP contribution is -2.29. The molecular weight excluding hydrogens is 240 g/mol. The Hall–Kier alpha value is -0.520. The predicted molar refractivity (Wildman–Crippen MR) is 87.6 cm³/mol. The van der Waals surface area contributed by atoms with E-state index in [0.717, 1.165) is 23.7 Å². The molecule has 0 aromatic heterocycles. The summed E-state index contributed by atoms with van der Waals surface area (Å²) in [5, 5.41) is 0. The zero-order chi connectivity index (χ0) is 14.5. The van der Waals surface area contributed by atoms with Crippen molar-refractivity contribution >= 4 is 0 Å². The number of rotatable bonds is 1. The number of hydrogen-bond donors (Lipinski definition) is 0. The molecule has 0 radical (unpaired) electrons. The first kappa shape index (κ1) is 14.4. The molecule has 0 heterocycles. The Kier molecular flexibility index (Phi) is 3.63. The Morgan fingerprint density at radius 1 is 1.15 bits per heavy atom. The molecule has 4 unspecified atom stereocenters. The summed E-state index contributed by atoms with van der Waals surface area (Å²) in [5.74, 6) is 3.40. The summed E-state index contributed by atoms with van der Waals surface area (Å²) >= 11 is 0. The lowest BCUT2D eigenvalue weighted by atomic mass is 9.65. The van der Waals surface area contributed by atoms with Crippen LogP contribution in [0.2, 0.25) is 0 Å². The summed E-state index contributed by atoms with van der Waals surface area (Å²) in [6.07, 6.45) is 9.66. The SMILES string of the molecule is C=C1CCC2C(C)CCC3=C(C(C)C)CCC3(C)CC12. The fourth-order valence-electron chi connectivity index (χ4n) is 5.51. The van der Waals surface area contributed by atoms with E-state index in [2.05, 4.69) is 34.3 Å². The van der Waals surface area contributed by atoms with Gasteiger partial charge in [-0.2, -0.15) is 0 Å². The van der Waals surface area contributed by atoms with Crippen LogP contribution in [0.4, 0.5) is 0 Å². The third-order valence-corrected chi connectivity index (χ3v) is 6.85. The van der Waals surface area contributed by atoms with Gasteiger partial charge < -0.3 is 0 Å². The number of fused-ring (bicyclic) bond motifs is 2. The minimum atomic E-state index is 0.496. The summed E-state index contributed by atoms with van der Waals surface area (Å²) in [6, 6.07) is 0. The third kappa shape index (κ3) is 2.20. The molecule has 2 fully saturated rings. The van der Waals surface area contributed by atoms with Crippen molar-refractivity contribution in [3.8, 4) is 0 Å². The number of allylic oxidation sites excluding steroid dienone is 3. The summed E-state index contributed by atoms with van der Waals surface area (Å²) in [4.78, 5) is 0. The normalized spacial score (nSPS) is 41.6. The molecule has 0 spiro atoms. The molecule has 3 aliphatic carbocycles. The van der Waals surface area contributed by atoms with Crippen molar-refractivity contribution in [3.63, 3.8) is 0 Å². The molecule has 2 saturated carbocycles. The Morgan fingerprint density at radius 3 is 2.60 bits per heavy atom. The lowest BCUT2D eigenvalue weighted by molar-refractivity contribution is 0.188. The van der Waals surface area contributed by atoms with Crippen LogP contribution in [0.25, 0.3) is 0 Å². The molecule has 0 aromatic carbocycles. The molecule has 0 N–H and O–H groups in total. The smallest absolute Gasteiger partial charge is 0.0105 e. The molecule has 112 valence electrons. The van der Waals surface area contributed by atoms with Gasteiger partial charge in [0.15, 0.2) is 0 Å². The van der Waals surface area contributed by atoms with Crippen LogP contribution in [0.3, 0.4) is 0 Å². The van der Waals surface area contributed by atoms with Gasteiger partial charge in [-0.25, -0.2) is 0 Å². The highest BCUT2D eigenvalue weighted by atomic mass is 14.5. The van der Waals surface area contributed by atoms with E-state index in [1.54, 1.807) is 5.57 Å². The van der Waals surface area contributed by atoms with Gasteiger partial charge in [0, 0.05) is 0 Å². The maximum absolute atomic E-state index is 4.43. The summed E-state index contributed by atoms with van der Waals surface area (Å²) in [5.41, 5.74) is 5.73. The summed E-state index contributed by atoms with van der Waals surface area (Å²) in [7, 11) is 0. The van der Waals surface area contributed by atoms with E-state index in [1.807, 2.05) is 11.1 Å². The summed E-state index contributed by atoms with van der Waals surface area (Å²) < 4.78 is 0. The molecule has 3 rings (SSSR count). The van der Waals surface area contributed by atoms with Gasteiger partial charge in [-0.05, 0) is 74.0 Å². The van der Waals surface area contributed by atoms with Gasteiger partial charge in [0.25, 0.3) is 0 Å². The van der Waals surface area contributed by atoms with Crippen molar-refractivity contribution in [2.45, 2.75) is 72.6 Å². The van der Waals surface area contributed by atoms with E-state index in [-0.39, 0.29) is 0 Å². The third-order valence-electron chi connectivity index (χ3n) is 6.85. The van der Waals surface area contributed by atoms with Crippen molar-refractivity contribution in [2.24, 2.45) is 29.1 Å². The maximum atomic E-state index is 4.43. The van der Waals surface area contributed by atoms with Gasteiger partial charge in [0.1, 0.15) is 0 Å². The average molecular weight is 272 g/mol. The van der Waals surface area contributed by atoms with Crippen LogP contribution >= 0.6 is 0 Å². The van der Waals surface area contributed by atoms with E-state index in [1.165, 1.54) is 44.9 Å². The second kappa shape index (κ2) is 5.04. The molecule has 0 nitrogen and oxygen atoms in total. The molecule has 0 aliphatic heterocycles. The quantitative estimate of drug-likeness (QED) is 0.503. The highest BCUT2D eigenvalue weighted by Gasteiger charge is 2.45. The monoisotopic (exact) mass is 272 g/mol. The van der Waals surface area contributed by atoms with Gasteiger partial charge in [0.2, 0.25) is 0 Å². The Balaban J connectivity index is 1.96. The van der Waals surface area contributed by atoms with Crippen LogP contribution in [0, 0.1) is 29.1 Å². The zero-order valence-electron chi connectivity index (χ0n) is 14.0. The van der Waals surface area contributed by atoms with Crippen LogP contribution in [0.15, 0.2) is 23.3 Å². The number of hydrogen-bond acceptors (Lipinski definition) is 0. The minimum Gasteiger partial charge on any atom is -0.0996 e. The molecular formula is C20H32. The van der Waals surface area contributed by atoms with E-state index < -0.39 is 0 Å². The van der Waals surface area contributed by atoms with Crippen molar-refractivity contribution in [1.29, 1.82) is 0 Å². The topological polar surface area (TPSA) is 0 Å². The van der Waals surface area contributed by atoms with E-state index in [9.17, 15) is 0 Å². The lowest BCUT2D eigenvalue weighted by Gasteiger charge is -2.39. The van der Waals surface area contributed by atoms with E-state index in [0.29, 0.717) is 5.41 Å². The van der Waals surface area contributed by atoms with E-state index in [4.69, 9.17) is 0 Å². The minimum absolute atomic E-state index is 0.496.